The number of aromatic nitrogens is 2. The van der Waals surface area contributed by atoms with E-state index in [1.54, 1.807) is 16.7 Å². The van der Waals surface area contributed by atoms with E-state index in [1.165, 1.54) is 17.4 Å². The SMILES string of the molecule is C[C@@H](OC1CCC2NNC(c3cnc(N4CC5(C4)CN(S(C)(=O)=O)C5)c(CN(C)C)c3)C2C1)c1c(Cl)cncc1Cl. The van der Waals surface area contributed by atoms with Crippen LogP contribution in [0, 0.1) is 11.3 Å². The summed E-state index contributed by atoms with van der Waals surface area (Å²) < 4.78 is 31.8. The predicted octanol–water partition coefficient (Wildman–Crippen LogP) is 3.39. The second-order valence-electron chi connectivity index (χ2n) is 12.6. The number of rotatable bonds is 8. The van der Waals surface area contributed by atoms with Gasteiger partial charge < -0.3 is 14.5 Å². The molecule has 4 fully saturated rings. The van der Waals surface area contributed by atoms with Crippen LogP contribution in [0.3, 0.4) is 0 Å². The fourth-order valence-electron chi connectivity index (χ4n) is 7.12. The summed E-state index contributed by atoms with van der Waals surface area (Å²) in [6, 6.07) is 2.78. The van der Waals surface area contributed by atoms with Gasteiger partial charge in [-0.1, -0.05) is 23.2 Å². The zero-order chi connectivity index (χ0) is 29.1. The predicted molar refractivity (Wildman–Crippen MR) is 160 cm³/mol. The van der Waals surface area contributed by atoms with Crippen molar-refractivity contribution in [3.8, 4) is 0 Å². The lowest BCUT2D eigenvalue weighted by Crippen LogP contribution is -2.73. The second kappa shape index (κ2) is 11.2. The van der Waals surface area contributed by atoms with Gasteiger partial charge in [0.05, 0.1) is 34.6 Å². The van der Waals surface area contributed by atoms with Crippen molar-refractivity contribution in [2.24, 2.45) is 11.3 Å². The minimum absolute atomic E-state index is 0.0575. The monoisotopic (exact) mass is 623 g/mol. The van der Waals surface area contributed by atoms with E-state index in [2.05, 4.69) is 45.8 Å². The van der Waals surface area contributed by atoms with Gasteiger partial charge in [0.1, 0.15) is 5.82 Å². The van der Waals surface area contributed by atoms with Gasteiger partial charge in [-0.25, -0.2) is 23.1 Å². The van der Waals surface area contributed by atoms with Crippen LogP contribution in [0.4, 0.5) is 5.82 Å². The third kappa shape index (κ3) is 5.84. The Labute approximate surface area is 252 Å². The summed E-state index contributed by atoms with van der Waals surface area (Å²) in [5, 5.41) is 1.05. The fourth-order valence-corrected chi connectivity index (χ4v) is 8.81. The summed E-state index contributed by atoms with van der Waals surface area (Å²) in [4.78, 5) is 13.5. The topological polar surface area (TPSA) is 103 Å². The Balaban J connectivity index is 1.15. The molecule has 5 heterocycles. The molecule has 1 saturated carbocycles. The van der Waals surface area contributed by atoms with E-state index in [0.717, 1.165) is 50.3 Å². The van der Waals surface area contributed by atoms with Gasteiger partial charge in [0.25, 0.3) is 0 Å². The number of hydrogen-bond acceptors (Lipinski definition) is 9. The van der Waals surface area contributed by atoms with Gasteiger partial charge in [0, 0.05) is 73.9 Å². The van der Waals surface area contributed by atoms with Crippen LogP contribution in [0.15, 0.2) is 24.7 Å². The van der Waals surface area contributed by atoms with Crippen molar-refractivity contribution in [2.75, 3.05) is 51.4 Å². The maximum atomic E-state index is 11.9. The molecule has 0 aromatic carbocycles. The minimum Gasteiger partial charge on any atom is -0.370 e. The third-order valence-electron chi connectivity index (χ3n) is 9.05. The lowest BCUT2D eigenvalue weighted by atomic mass is 9.74. The first-order valence-corrected chi connectivity index (χ1v) is 16.8. The maximum Gasteiger partial charge on any atom is 0.211 e. The van der Waals surface area contributed by atoms with Crippen LogP contribution in [-0.4, -0.2) is 86.3 Å². The van der Waals surface area contributed by atoms with Crippen molar-refractivity contribution >= 4 is 39.0 Å². The normalized spacial score (nSPS) is 28.4. The third-order valence-corrected chi connectivity index (χ3v) is 10.9. The van der Waals surface area contributed by atoms with Crippen LogP contribution in [0.5, 0.6) is 0 Å². The molecule has 2 aromatic heterocycles. The van der Waals surface area contributed by atoms with Crippen molar-refractivity contribution in [1.82, 2.24) is 30.0 Å². The summed E-state index contributed by atoms with van der Waals surface area (Å²) in [6.07, 6.45) is 9.27. The van der Waals surface area contributed by atoms with Crippen LogP contribution in [0.1, 0.15) is 55.0 Å². The lowest BCUT2D eigenvalue weighted by Gasteiger charge is -2.59. The number of hydrazine groups is 1. The van der Waals surface area contributed by atoms with Gasteiger partial charge in [-0.05, 0) is 57.8 Å². The van der Waals surface area contributed by atoms with Gasteiger partial charge in [-0.15, -0.1) is 0 Å². The van der Waals surface area contributed by atoms with Crippen LogP contribution < -0.4 is 15.8 Å². The first-order valence-electron chi connectivity index (χ1n) is 14.2. The van der Waals surface area contributed by atoms with E-state index < -0.39 is 10.0 Å². The highest BCUT2D eigenvalue weighted by Gasteiger charge is 2.55. The van der Waals surface area contributed by atoms with Gasteiger partial charge in [-0.3, -0.25) is 10.4 Å². The molecule has 2 aromatic rings. The number of nitrogens with one attached hydrogen (secondary N) is 2. The molecule has 13 heteroatoms. The summed E-state index contributed by atoms with van der Waals surface area (Å²) in [7, 11) is 1.02. The van der Waals surface area contributed by atoms with Crippen molar-refractivity contribution in [3.05, 3.63) is 51.4 Å². The number of sulfonamides is 1. The van der Waals surface area contributed by atoms with E-state index in [-0.39, 0.29) is 23.7 Å². The lowest BCUT2D eigenvalue weighted by molar-refractivity contribution is -0.0370. The Kier molecular flexibility index (Phi) is 8.04. The Morgan fingerprint density at radius 2 is 1.83 bits per heavy atom. The summed E-state index contributed by atoms with van der Waals surface area (Å²) in [5.74, 6) is 1.35. The Bertz CT molecular complexity index is 1380. The molecule has 5 atom stereocenters. The summed E-state index contributed by atoms with van der Waals surface area (Å²) in [5.41, 5.74) is 10.3. The van der Waals surface area contributed by atoms with Crippen LogP contribution >= 0.6 is 23.2 Å². The number of halogens is 2. The second-order valence-corrected chi connectivity index (χ2v) is 15.4. The average Bonchev–Trinajstić information content (AvgIpc) is 3.25. The molecule has 6 rings (SSSR count). The molecule has 3 aliphatic heterocycles. The first kappa shape index (κ1) is 29.5. The van der Waals surface area contributed by atoms with Gasteiger partial charge >= 0.3 is 0 Å². The van der Waals surface area contributed by atoms with E-state index in [0.29, 0.717) is 35.1 Å². The van der Waals surface area contributed by atoms with E-state index in [9.17, 15) is 8.42 Å². The van der Waals surface area contributed by atoms with E-state index >= 15 is 0 Å². The van der Waals surface area contributed by atoms with Gasteiger partial charge in [-0.2, -0.15) is 0 Å². The largest absolute Gasteiger partial charge is 0.370 e. The zero-order valence-electron chi connectivity index (χ0n) is 24.0. The minimum atomic E-state index is -3.12. The fraction of sp³-hybridized carbons (Fsp3) is 0.643. The standard InChI is InChI=1S/C28H39Cl2N7O3S/c1-17(25-22(29)10-31-11-23(25)30)40-20-5-6-24-21(8-20)26(34-33-24)18-7-19(12-35(2)3)27(32-9-18)36-13-28(14-36)15-37(16-28)41(4,38)39/h7,9-11,17,20-21,24,26,33-34H,5-6,8,12-16H2,1-4H3/t17-,20?,21?,24?,26?/m1/s1. The molecule has 41 heavy (non-hydrogen) atoms. The number of nitrogens with zero attached hydrogens (tertiary/aromatic N) is 5. The van der Waals surface area contributed by atoms with E-state index in [4.69, 9.17) is 32.9 Å². The number of ether oxygens (including phenoxy) is 1. The first-order chi connectivity index (χ1) is 19.4. The van der Waals surface area contributed by atoms with Crippen molar-refractivity contribution < 1.29 is 13.2 Å². The van der Waals surface area contributed by atoms with Crippen LogP contribution in [0.25, 0.3) is 0 Å². The zero-order valence-corrected chi connectivity index (χ0v) is 26.3. The summed E-state index contributed by atoms with van der Waals surface area (Å²) >= 11 is 12.8. The number of hydrogen-bond donors (Lipinski definition) is 2. The summed E-state index contributed by atoms with van der Waals surface area (Å²) in [6.45, 7) is 5.66. The van der Waals surface area contributed by atoms with Gasteiger partial charge in [0.2, 0.25) is 10.0 Å². The van der Waals surface area contributed by atoms with E-state index in [1.807, 2.05) is 13.1 Å². The van der Waals surface area contributed by atoms with Crippen molar-refractivity contribution in [3.63, 3.8) is 0 Å². The Morgan fingerprint density at radius 3 is 2.49 bits per heavy atom. The molecule has 224 valence electrons. The molecule has 4 aliphatic rings. The molecular formula is C28H39Cl2N7O3S. The molecule has 1 spiro atoms. The number of fused-ring (bicyclic) bond motifs is 1. The van der Waals surface area contributed by atoms with Gasteiger partial charge in [0.15, 0.2) is 0 Å². The Hall–Kier alpha value is -1.57. The van der Waals surface area contributed by atoms with Crippen LogP contribution in [-0.2, 0) is 21.3 Å². The smallest absolute Gasteiger partial charge is 0.211 e. The molecular weight excluding hydrogens is 585 g/mol. The molecule has 0 radical (unpaired) electrons. The molecule has 3 saturated heterocycles. The maximum absolute atomic E-state index is 11.9. The highest BCUT2D eigenvalue weighted by Crippen LogP contribution is 2.45. The molecule has 4 unspecified atom stereocenters. The highest BCUT2D eigenvalue weighted by molar-refractivity contribution is 7.88. The van der Waals surface area contributed by atoms with Crippen LogP contribution in [0.2, 0.25) is 10.0 Å². The van der Waals surface area contributed by atoms with Crippen molar-refractivity contribution in [1.29, 1.82) is 0 Å². The average molecular weight is 625 g/mol. The number of anilines is 1. The molecule has 10 nitrogen and oxygen atoms in total. The molecule has 0 bridgehead atoms. The number of pyridine rings is 2. The quantitative estimate of drug-likeness (QED) is 0.458. The molecule has 2 N–H and O–H groups in total. The highest BCUT2D eigenvalue weighted by atomic mass is 35.5. The molecule has 1 aliphatic carbocycles. The Morgan fingerprint density at radius 1 is 1.12 bits per heavy atom. The molecule has 0 amide bonds. The van der Waals surface area contributed by atoms with Crippen molar-refractivity contribution in [2.45, 2.75) is 57.0 Å².